The third-order valence-corrected chi connectivity index (χ3v) is 3.66. The summed E-state index contributed by atoms with van der Waals surface area (Å²) in [5, 5.41) is 0. The number of benzene rings is 1. The Morgan fingerprint density at radius 2 is 1.89 bits per heavy atom. The molecule has 19 heavy (non-hydrogen) atoms. The van der Waals surface area contributed by atoms with Crippen LogP contribution in [-0.2, 0) is 6.18 Å². The van der Waals surface area contributed by atoms with E-state index < -0.39 is 12.0 Å². The van der Waals surface area contributed by atoms with E-state index >= 15 is 0 Å². The topological polar surface area (TPSA) is 43.8 Å². The maximum atomic E-state index is 13.1. The number of rotatable bonds is 1. The number of halogens is 3. The molecule has 6 heteroatoms. The van der Waals surface area contributed by atoms with Crippen LogP contribution in [0.3, 0.4) is 0 Å². The molecule has 0 saturated heterocycles. The second-order valence-corrected chi connectivity index (χ2v) is 4.99. The van der Waals surface area contributed by atoms with Gasteiger partial charge < -0.3 is 10.3 Å². The normalized spacial score (nSPS) is 17.4. The fraction of sp³-hybridized carbons (Fsp3) is 0.462. The van der Waals surface area contributed by atoms with Gasteiger partial charge in [0.15, 0.2) is 0 Å². The van der Waals surface area contributed by atoms with Crippen molar-refractivity contribution in [3.8, 4) is 0 Å². The van der Waals surface area contributed by atoms with Gasteiger partial charge in [0, 0.05) is 11.7 Å². The number of nitrogen functional groups attached to an aromatic ring is 1. The Hall–Kier alpha value is -1.72. The summed E-state index contributed by atoms with van der Waals surface area (Å²) in [5.74, 6) is -0.806. The molecule has 3 rings (SSSR count). The predicted molar refractivity (Wildman–Crippen MR) is 66.7 cm³/mol. The van der Waals surface area contributed by atoms with Crippen molar-refractivity contribution in [3.05, 3.63) is 24.0 Å². The van der Waals surface area contributed by atoms with Crippen LogP contribution in [0.25, 0.3) is 11.0 Å². The van der Waals surface area contributed by atoms with Crippen molar-refractivity contribution in [1.82, 2.24) is 9.55 Å². The second kappa shape index (κ2) is 4.15. The molecule has 1 aliphatic rings. The number of imidazole rings is 1. The van der Waals surface area contributed by atoms with E-state index in [0.29, 0.717) is 16.7 Å². The van der Waals surface area contributed by atoms with E-state index in [4.69, 9.17) is 5.73 Å². The molecule has 1 fully saturated rings. The number of hydrogen-bond acceptors (Lipinski definition) is 2. The van der Waals surface area contributed by atoms with Crippen molar-refractivity contribution in [2.45, 2.75) is 37.9 Å². The molecule has 1 saturated carbocycles. The quantitative estimate of drug-likeness (QED) is 0.801. The van der Waals surface area contributed by atoms with Crippen LogP contribution in [-0.4, -0.2) is 9.55 Å². The van der Waals surface area contributed by atoms with Crippen molar-refractivity contribution < 1.29 is 13.2 Å². The predicted octanol–water partition coefficient (Wildman–Crippen LogP) is 3.75. The molecule has 1 aliphatic carbocycles. The lowest BCUT2D eigenvalue weighted by molar-refractivity contribution is -0.147. The number of alkyl halides is 3. The van der Waals surface area contributed by atoms with Gasteiger partial charge in [-0.3, -0.25) is 0 Å². The first-order valence-corrected chi connectivity index (χ1v) is 6.31. The largest absolute Gasteiger partial charge is 0.449 e. The number of anilines is 1. The Kier molecular flexibility index (Phi) is 2.69. The van der Waals surface area contributed by atoms with E-state index in [-0.39, 0.29) is 6.04 Å². The fourth-order valence-electron chi connectivity index (χ4n) is 2.85. The van der Waals surface area contributed by atoms with Crippen molar-refractivity contribution >= 4 is 16.7 Å². The van der Waals surface area contributed by atoms with Crippen molar-refractivity contribution in [2.24, 2.45) is 0 Å². The molecular weight excluding hydrogens is 255 g/mol. The highest BCUT2D eigenvalue weighted by Gasteiger charge is 2.39. The third kappa shape index (κ3) is 2.05. The minimum atomic E-state index is -4.43. The van der Waals surface area contributed by atoms with Gasteiger partial charge in [-0.1, -0.05) is 12.8 Å². The van der Waals surface area contributed by atoms with Crippen LogP contribution >= 0.6 is 0 Å². The molecule has 1 aromatic carbocycles. The lowest BCUT2D eigenvalue weighted by atomic mass is 10.2. The molecule has 2 aromatic rings. The first kappa shape index (κ1) is 12.3. The molecule has 1 aromatic heterocycles. The summed E-state index contributed by atoms with van der Waals surface area (Å²) in [5.41, 5.74) is 6.88. The molecule has 0 atom stereocenters. The maximum absolute atomic E-state index is 13.1. The van der Waals surface area contributed by atoms with E-state index in [1.807, 2.05) is 0 Å². The van der Waals surface area contributed by atoms with Crippen molar-refractivity contribution in [3.63, 3.8) is 0 Å². The smallest absolute Gasteiger partial charge is 0.399 e. The molecule has 0 spiro atoms. The van der Waals surface area contributed by atoms with Gasteiger partial charge in [-0.05, 0) is 31.0 Å². The Labute approximate surface area is 108 Å². The SMILES string of the molecule is Nc1ccc2c(c1)nc(C(F)(F)F)n2C1CCCC1. The molecule has 2 N–H and O–H groups in total. The molecule has 1 heterocycles. The average molecular weight is 269 g/mol. The Balaban J connectivity index is 2.25. The number of nitrogens with zero attached hydrogens (tertiary/aromatic N) is 2. The van der Waals surface area contributed by atoms with Crippen LogP contribution in [0.5, 0.6) is 0 Å². The van der Waals surface area contributed by atoms with Crippen molar-refractivity contribution in [1.29, 1.82) is 0 Å². The van der Waals surface area contributed by atoms with Crippen LogP contribution in [0.1, 0.15) is 37.5 Å². The van der Waals surface area contributed by atoms with Crippen LogP contribution in [0.15, 0.2) is 18.2 Å². The maximum Gasteiger partial charge on any atom is 0.449 e. The van der Waals surface area contributed by atoms with Crippen LogP contribution in [0, 0.1) is 0 Å². The highest BCUT2D eigenvalue weighted by molar-refractivity contribution is 5.80. The molecule has 0 aliphatic heterocycles. The number of nitrogens with two attached hydrogens (primary N) is 1. The van der Waals surface area contributed by atoms with Crippen LogP contribution < -0.4 is 5.73 Å². The third-order valence-electron chi connectivity index (χ3n) is 3.66. The summed E-state index contributed by atoms with van der Waals surface area (Å²) in [6, 6.07) is 4.64. The van der Waals surface area contributed by atoms with Crippen LogP contribution in [0.4, 0.5) is 18.9 Å². The van der Waals surface area contributed by atoms with E-state index in [1.165, 1.54) is 10.6 Å². The lowest BCUT2D eigenvalue weighted by Gasteiger charge is -2.17. The first-order valence-electron chi connectivity index (χ1n) is 6.31. The van der Waals surface area contributed by atoms with Gasteiger partial charge in [-0.2, -0.15) is 13.2 Å². The van der Waals surface area contributed by atoms with Gasteiger partial charge in [0.1, 0.15) is 0 Å². The summed E-state index contributed by atoms with van der Waals surface area (Å²) >= 11 is 0. The number of hydrogen-bond donors (Lipinski definition) is 1. The van der Waals surface area contributed by atoms with Gasteiger partial charge in [-0.15, -0.1) is 0 Å². The van der Waals surface area contributed by atoms with Gasteiger partial charge in [0.25, 0.3) is 0 Å². The van der Waals surface area contributed by atoms with Crippen LogP contribution in [0.2, 0.25) is 0 Å². The summed E-state index contributed by atoms with van der Waals surface area (Å²) in [7, 11) is 0. The van der Waals surface area contributed by atoms with E-state index in [2.05, 4.69) is 4.98 Å². The summed E-state index contributed by atoms with van der Waals surface area (Å²) < 4.78 is 40.7. The Bertz CT molecular complexity index is 609. The molecule has 102 valence electrons. The Morgan fingerprint density at radius 3 is 2.53 bits per heavy atom. The molecule has 0 bridgehead atoms. The van der Waals surface area contributed by atoms with Gasteiger partial charge in [-0.25, -0.2) is 4.98 Å². The summed E-state index contributed by atoms with van der Waals surface area (Å²) in [4.78, 5) is 3.75. The Morgan fingerprint density at radius 1 is 1.21 bits per heavy atom. The van der Waals surface area contributed by atoms with E-state index in [9.17, 15) is 13.2 Å². The molecule has 0 unspecified atom stereocenters. The minimum Gasteiger partial charge on any atom is -0.399 e. The highest BCUT2D eigenvalue weighted by atomic mass is 19.4. The van der Waals surface area contributed by atoms with Crippen molar-refractivity contribution in [2.75, 3.05) is 5.73 Å². The molecular formula is C13H14F3N3. The number of aromatic nitrogens is 2. The summed E-state index contributed by atoms with van der Waals surface area (Å²) in [6.45, 7) is 0. The standard InChI is InChI=1S/C13H14F3N3/c14-13(15,16)12-18-10-7-8(17)5-6-11(10)19(12)9-3-1-2-4-9/h5-7,9H,1-4,17H2. The first-order chi connectivity index (χ1) is 8.97. The van der Waals surface area contributed by atoms with E-state index in [1.54, 1.807) is 12.1 Å². The van der Waals surface area contributed by atoms with Gasteiger partial charge in [0.05, 0.1) is 11.0 Å². The molecule has 0 radical (unpaired) electrons. The zero-order valence-electron chi connectivity index (χ0n) is 10.2. The zero-order chi connectivity index (χ0) is 13.6. The monoisotopic (exact) mass is 269 g/mol. The zero-order valence-corrected chi connectivity index (χ0v) is 10.2. The fourth-order valence-corrected chi connectivity index (χ4v) is 2.85. The van der Waals surface area contributed by atoms with E-state index in [0.717, 1.165) is 25.7 Å². The van der Waals surface area contributed by atoms with Gasteiger partial charge >= 0.3 is 6.18 Å². The number of fused-ring (bicyclic) bond motifs is 1. The average Bonchev–Trinajstić information content (AvgIpc) is 2.91. The second-order valence-electron chi connectivity index (χ2n) is 4.99. The lowest BCUT2D eigenvalue weighted by Crippen LogP contribution is -2.17. The van der Waals surface area contributed by atoms with Gasteiger partial charge in [0.2, 0.25) is 5.82 Å². The molecule has 3 nitrogen and oxygen atoms in total. The molecule has 0 amide bonds. The summed E-state index contributed by atoms with van der Waals surface area (Å²) in [6.07, 6.45) is -0.943. The highest BCUT2D eigenvalue weighted by Crippen LogP contribution is 2.39. The minimum absolute atomic E-state index is 0.106.